The summed E-state index contributed by atoms with van der Waals surface area (Å²) in [5, 5.41) is 0.293. The topological polar surface area (TPSA) is 71.7 Å². The number of hydrogen-bond acceptors (Lipinski definition) is 6. The molecule has 9 heteroatoms. The third-order valence-electron chi connectivity index (χ3n) is 6.58. The van der Waals surface area contributed by atoms with Gasteiger partial charge in [0, 0.05) is 11.6 Å². The van der Waals surface area contributed by atoms with E-state index in [0.29, 0.717) is 23.9 Å². The van der Waals surface area contributed by atoms with Gasteiger partial charge in [0.05, 0.1) is 16.5 Å². The van der Waals surface area contributed by atoms with E-state index in [-0.39, 0.29) is 11.5 Å². The fourth-order valence-corrected chi connectivity index (χ4v) is 6.14. The van der Waals surface area contributed by atoms with Crippen molar-refractivity contribution in [3.8, 4) is 17.2 Å². The van der Waals surface area contributed by atoms with Crippen LogP contribution in [0, 0.1) is 6.92 Å². The molecule has 0 fully saturated rings. The number of nitrogens with zero attached hydrogens (tertiary/aromatic N) is 1. The zero-order chi connectivity index (χ0) is 28.6. The highest BCUT2D eigenvalue weighted by atomic mass is 35.5. The summed E-state index contributed by atoms with van der Waals surface area (Å²) in [5.74, 6) is 0.769. The Labute approximate surface area is 248 Å². The molecule has 0 bridgehead atoms. The molecule has 0 amide bonds. The Bertz CT molecular complexity index is 1200. The Morgan fingerprint density at radius 3 is 2.10 bits per heavy atom. The lowest BCUT2D eigenvalue weighted by Gasteiger charge is -2.24. The van der Waals surface area contributed by atoms with Crippen LogP contribution in [0.4, 0.5) is 0 Å². The van der Waals surface area contributed by atoms with Crippen LogP contribution < -0.4 is 23.2 Å². The molecule has 1 unspecified atom stereocenters. The standard InChI is InChI=1S/C31H43ClNO5PS/c1-3-4-5-6-7-8-9-10-11-12-13-14-20-36-31-19-18-29(22-30(31)32)38-39(34,35)37-28-17-15-16-27(21-28)24-33-23-26(2)40-25-33/h15-19,21-23,25H,3-14,20,24H2,1-2H3. The Kier molecular flexibility index (Phi) is 14.4. The molecule has 3 aromatic rings. The fourth-order valence-electron chi connectivity index (χ4n) is 4.50. The first-order valence-corrected chi connectivity index (χ1v) is 17.2. The van der Waals surface area contributed by atoms with E-state index in [9.17, 15) is 9.46 Å². The summed E-state index contributed by atoms with van der Waals surface area (Å²) in [6.07, 6.45) is 17.4. The van der Waals surface area contributed by atoms with Crippen LogP contribution in [0.25, 0.3) is 0 Å². The molecule has 1 heterocycles. The van der Waals surface area contributed by atoms with Gasteiger partial charge < -0.3 is 18.7 Å². The predicted octanol–water partition coefficient (Wildman–Crippen LogP) is 9.05. The minimum absolute atomic E-state index is 0.0708. The number of halogens is 1. The number of hydrogen-bond donors (Lipinski definition) is 0. The summed E-state index contributed by atoms with van der Waals surface area (Å²) in [6, 6.07) is 11.5. The molecule has 0 saturated carbocycles. The van der Waals surface area contributed by atoms with Gasteiger partial charge in [-0.2, -0.15) is 4.57 Å². The molecule has 0 spiro atoms. The molecule has 0 aliphatic rings. The molecule has 1 atom stereocenters. The molecule has 0 radical (unpaired) electrons. The van der Waals surface area contributed by atoms with E-state index in [1.54, 1.807) is 35.6 Å². The quantitative estimate of drug-likeness (QED) is 0.0728. The Morgan fingerprint density at radius 2 is 1.50 bits per heavy atom. The second kappa shape index (κ2) is 17.7. The number of ether oxygens (including phenoxy) is 1. The number of aryl methyl sites for hydroxylation is 1. The summed E-state index contributed by atoms with van der Waals surface area (Å²) >= 11 is 7.98. The average Bonchev–Trinajstić information content (AvgIpc) is 3.31. The molecule has 6 nitrogen and oxygen atoms in total. The van der Waals surface area contributed by atoms with Crippen molar-refractivity contribution in [2.24, 2.45) is 0 Å². The number of rotatable bonds is 20. The third kappa shape index (κ3) is 12.6. The van der Waals surface area contributed by atoms with Crippen LogP contribution in [-0.2, 0) is 11.1 Å². The zero-order valence-electron chi connectivity index (χ0n) is 23.8. The van der Waals surface area contributed by atoms with Crippen molar-refractivity contribution < 1.29 is 27.8 Å². The summed E-state index contributed by atoms with van der Waals surface area (Å²) in [7, 11) is -4.67. The first-order valence-electron chi connectivity index (χ1n) is 14.5. The van der Waals surface area contributed by atoms with Crippen molar-refractivity contribution in [2.75, 3.05) is 6.61 Å². The molecule has 0 saturated heterocycles. The lowest BCUT2D eigenvalue weighted by Crippen LogP contribution is -2.30. The largest absolute Gasteiger partial charge is 0.736 e. The van der Waals surface area contributed by atoms with Gasteiger partial charge in [0.25, 0.3) is 0 Å². The highest BCUT2D eigenvalue weighted by molar-refractivity contribution is 7.46. The third-order valence-corrected chi connectivity index (χ3v) is 8.60. The molecule has 0 aliphatic heterocycles. The minimum atomic E-state index is -4.67. The Balaban J connectivity index is 1.34. The van der Waals surface area contributed by atoms with Crippen LogP contribution in [0.15, 0.2) is 54.2 Å². The highest BCUT2D eigenvalue weighted by Crippen LogP contribution is 2.42. The van der Waals surface area contributed by atoms with Crippen LogP contribution in [0.2, 0.25) is 5.02 Å². The first kappa shape index (κ1) is 32.5. The second-order valence-corrected chi connectivity index (χ2v) is 13.0. The summed E-state index contributed by atoms with van der Waals surface area (Å²) in [4.78, 5) is 13.8. The van der Waals surface area contributed by atoms with E-state index in [1.807, 2.05) is 29.3 Å². The monoisotopic (exact) mass is 607 g/mol. The number of unbranched alkanes of at least 4 members (excludes halogenated alkanes) is 11. The van der Waals surface area contributed by atoms with E-state index in [0.717, 1.165) is 18.4 Å². The van der Waals surface area contributed by atoms with Crippen LogP contribution in [0.5, 0.6) is 17.2 Å². The Morgan fingerprint density at radius 1 is 0.875 bits per heavy atom. The maximum absolute atomic E-state index is 12.6. The van der Waals surface area contributed by atoms with Crippen molar-refractivity contribution in [3.63, 3.8) is 0 Å². The van der Waals surface area contributed by atoms with Crippen molar-refractivity contribution in [1.29, 1.82) is 0 Å². The summed E-state index contributed by atoms with van der Waals surface area (Å²) in [6.45, 7) is 5.48. The van der Waals surface area contributed by atoms with E-state index in [2.05, 4.69) is 6.92 Å². The van der Waals surface area contributed by atoms with Crippen molar-refractivity contribution in [1.82, 2.24) is 0 Å². The fraction of sp³-hybridized carbons (Fsp3) is 0.516. The number of phosphoric ester groups is 1. The van der Waals surface area contributed by atoms with Gasteiger partial charge in [-0.15, -0.1) is 0 Å². The molecule has 2 aromatic carbocycles. The van der Waals surface area contributed by atoms with Crippen LogP contribution >= 0.6 is 30.8 Å². The van der Waals surface area contributed by atoms with E-state index < -0.39 is 7.82 Å². The van der Waals surface area contributed by atoms with E-state index >= 15 is 0 Å². The molecule has 40 heavy (non-hydrogen) atoms. The zero-order valence-corrected chi connectivity index (χ0v) is 26.3. The van der Waals surface area contributed by atoms with Crippen molar-refractivity contribution in [2.45, 2.75) is 97.4 Å². The number of benzene rings is 2. The van der Waals surface area contributed by atoms with Gasteiger partial charge in [-0.3, -0.25) is 0 Å². The number of aromatic nitrogens is 1. The van der Waals surface area contributed by atoms with Gasteiger partial charge in [-0.25, -0.2) is 4.57 Å². The number of phosphoric acid groups is 1. The average molecular weight is 608 g/mol. The maximum atomic E-state index is 12.6. The van der Waals surface area contributed by atoms with Crippen molar-refractivity contribution >= 4 is 30.8 Å². The second-order valence-electron chi connectivity index (χ2n) is 10.2. The van der Waals surface area contributed by atoms with Gasteiger partial charge in [-0.1, -0.05) is 113 Å². The van der Waals surface area contributed by atoms with Gasteiger partial charge in [0.2, 0.25) is 5.51 Å². The van der Waals surface area contributed by atoms with Crippen LogP contribution in [-0.4, -0.2) is 6.61 Å². The molecular weight excluding hydrogens is 565 g/mol. The Hall–Kier alpha value is -2.05. The highest BCUT2D eigenvalue weighted by Gasteiger charge is 2.16. The summed E-state index contributed by atoms with van der Waals surface area (Å²) in [5.41, 5.74) is 2.93. The molecule has 0 aliphatic carbocycles. The smallest absolute Gasteiger partial charge is 0.372 e. The SMILES string of the molecule is CCCCCCCCCCCCCCOc1ccc(OP(=O)([O-])Oc2cccc(C[n+]3csc(C)c3)c2)cc1Cl. The van der Waals surface area contributed by atoms with Crippen molar-refractivity contribution in [3.05, 3.63) is 69.6 Å². The number of thiazole rings is 1. The van der Waals surface area contributed by atoms with Gasteiger partial charge in [0.1, 0.15) is 17.2 Å². The van der Waals surface area contributed by atoms with Gasteiger partial charge >= 0.3 is 7.82 Å². The maximum Gasteiger partial charge on any atom is 0.372 e. The van der Waals surface area contributed by atoms with Gasteiger partial charge in [-0.05, 0) is 37.6 Å². The van der Waals surface area contributed by atoms with Crippen LogP contribution in [0.1, 0.15) is 94.4 Å². The van der Waals surface area contributed by atoms with E-state index in [4.69, 9.17) is 25.4 Å². The minimum Gasteiger partial charge on any atom is -0.736 e. The van der Waals surface area contributed by atoms with E-state index in [1.165, 1.54) is 81.2 Å². The molecule has 3 rings (SSSR count). The lowest BCUT2D eigenvalue weighted by atomic mass is 10.1. The normalized spacial score (nSPS) is 12.7. The molecule has 0 N–H and O–H groups in total. The molecule has 1 aromatic heterocycles. The summed E-state index contributed by atoms with van der Waals surface area (Å²) < 4.78 is 30.8. The lowest BCUT2D eigenvalue weighted by molar-refractivity contribution is -0.683. The molecular formula is C31H43ClNO5PS. The predicted molar refractivity (Wildman–Crippen MR) is 162 cm³/mol. The molecule has 220 valence electrons. The first-order chi connectivity index (χ1) is 19.3. The van der Waals surface area contributed by atoms with Gasteiger partial charge in [0.15, 0.2) is 12.7 Å². The van der Waals surface area contributed by atoms with Crippen LogP contribution in [0.3, 0.4) is 0 Å².